The molecule has 0 radical (unpaired) electrons. The van der Waals surface area contributed by atoms with Gasteiger partial charge >= 0.3 is 8.80 Å². The van der Waals surface area contributed by atoms with E-state index >= 15 is 0 Å². The Balaban J connectivity index is 3.20. The van der Waals surface area contributed by atoms with Gasteiger partial charge in [0.1, 0.15) is 0 Å². The van der Waals surface area contributed by atoms with Crippen LogP contribution in [0.25, 0.3) is 0 Å². The van der Waals surface area contributed by atoms with Crippen molar-refractivity contribution in [2.75, 3.05) is 34.4 Å². The maximum Gasteiger partial charge on any atom is 0.500 e. The van der Waals surface area contributed by atoms with Crippen molar-refractivity contribution in [3.05, 3.63) is 0 Å². The van der Waals surface area contributed by atoms with Gasteiger partial charge in [0.25, 0.3) is 0 Å². The smallest absolute Gasteiger partial charge is 0.377 e. The maximum absolute atomic E-state index is 5.43. The van der Waals surface area contributed by atoms with Gasteiger partial charge in [0.05, 0.1) is 0 Å². The standard InChI is InChI=1S/C21H47NO3Si/c1-5-6-7-8-9-10-11-12-13-14-15-16-17-19-22-20-18-21-26(23-2,24-3)25-4/h22H,5-21H2,1-4H3. The average Bonchev–Trinajstić information content (AvgIpc) is 2.68. The van der Waals surface area contributed by atoms with Gasteiger partial charge in [-0.2, -0.15) is 0 Å². The summed E-state index contributed by atoms with van der Waals surface area (Å²) in [5.74, 6) is 0. The van der Waals surface area contributed by atoms with Crippen LogP contribution in [0, 0.1) is 0 Å². The van der Waals surface area contributed by atoms with Crippen LogP contribution in [0.1, 0.15) is 96.8 Å². The van der Waals surface area contributed by atoms with Gasteiger partial charge in [0, 0.05) is 27.4 Å². The Bertz CT molecular complexity index is 268. The largest absolute Gasteiger partial charge is 0.500 e. The molecule has 0 spiro atoms. The lowest BCUT2D eigenvalue weighted by Gasteiger charge is -2.24. The third-order valence-corrected chi connectivity index (χ3v) is 8.06. The van der Waals surface area contributed by atoms with Gasteiger partial charge < -0.3 is 18.6 Å². The summed E-state index contributed by atoms with van der Waals surface area (Å²) in [6, 6.07) is 0.877. The van der Waals surface area contributed by atoms with Gasteiger partial charge in [0.2, 0.25) is 0 Å². The van der Waals surface area contributed by atoms with Crippen molar-refractivity contribution in [3.8, 4) is 0 Å². The number of nitrogens with one attached hydrogen (secondary N) is 1. The molecule has 0 aromatic carbocycles. The molecule has 1 N–H and O–H groups in total. The zero-order chi connectivity index (χ0) is 19.3. The molecular formula is C21H47NO3Si. The van der Waals surface area contributed by atoms with Gasteiger partial charge in [-0.15, -0.1) is 0 Å². The highest BCUT2D eigenvalue weighted by Gasteiger charge is 2.36. The first-order valence-electron chi connectivity index (χ1n) is 11.1. The van der Waals surface area contributed by atoms with Gasteiger partial charge in [-0.25, -0.2) is 0 Å². The normalized spacial score (nSPS) is 12.0. The van der Waals surface area contributed by atoms with Crippen molar-refractivity contribution >= 4 is 8.80 Å². The molecule has 0 bridgehead atoms. The zero-order valence-electron chi connectivity index (χ0n) is 18.2. The summed E-state index contributed by atoms with van der Waals surface area (Å²) in [5, 5.41) is 3.53. The molecule has 5 heteroatoms. The van der Waals surface area contributed by atoms with E-state index in [1.165, 1.54) is 83.5 Å². The molecule has 0 aliphatic rings. The van der Waals surface area contributed by atoms with Gasteiger partial charge in [-0.3, -0.25) is 0 Å². The van der Waals surface area contributed by atoms with Crippen molar-refractivity contribution in [2.24, 2.45) is 0 Å². The molecule has 158 valence electrons. The van der Waals surface area contributed by atoms with Crippen LogP contribution in [0.5, 0.6) is 0 Å². The van der Waals surface area contributed by atoms with E-state index in [4.69, 9.17) is 13.3 Å². The van der Waals surface area contributed by atoms with E-state index in [9.17, 15) is 0 Å². The van der Waals surface area contributed by atoms with Crippen LogP contribution in [0.2, 0.25) is 6.04 Å². The van der Waals surface area contributed by atoms with E-state index in [0.29, 0.717) is 0 Å². The van der Waals surface area contributed by atoms with Crippen LogP contribution < -0.4 is 5.32 Å². The highest BCUT2D eigenvalue weighted by Crippen LogP contribution is 2.14. The Morgan fingerprint density at radius 3 is 1.35 bits per heavy atom. The zero-order valence-corrected chi connectivity index (χ0v) is 19.2. The lowest BCUT2D eigenvalue weighted by Crippen LogP contribution is -2.43. The SMILES string of the molecule is CCCCCCCCCCCCCCCNCCC[Si](OC)(OC)OC. The molecule has 0 aliphatic carbocycles. The quantitative estimate of drug-likeness (QED) is 0.195. The number of rotatable bonds is 21. The van der Waals surface area contributed by atoms with E-state index in [1.54, 1.807) is 21.3 Å². The van der Waals surface area contributed by atoms with Crippen molar-refractivity contribution < 1.29 is 13.3 Å². The molecular weight excluding hydrogens is 342 g/mol. The van der Waals surface area contributed by atoms with Gasteiger partial charge in [0.15, 0.2) is 0 Å². The van der Waals surface area contributed by atoms with Crippen LogP contribution in [-0.2, 0) is 13.3 Å². The van der Waals surface area contributed by atoms with Crippen LogP contribution in [0.4, 0.5) is 0 Å². The van der Waals surface area contributed by atoms with Crippen molar-refractivity contribution in [2.45, 2.75) is 103 Å². The van der Waals surface area contributed by atoms with Crippen LogP contribution >= 0.6 is 0 Å². The molecule has 0 unspecified atom stereocenters. The molecule has 0 aromatic rings. The molecule has 0 aromatic heterocycles. The van der Waals surface area contributed by atoms with Gasteiger partial charge in [-0.1, -0.05) is 84.0 Å². The molecule has 0 fully saturated rings. The maximum atomic E-state index is 5.43. The Labute approximate surface area is 165 Å². The van der Waals surface area contributed by atoms with Crippen LogP contribution in [0.15, 0.2) is 0 Å². The lowest BCUT2D eigenvalue weighted by molar-refractivity contribution is 0.123. The molecule has 0 aliphatic heterocycles. The Morgan fingerprint density at radius 2 is 0.923 bits per heavy atom. The molecule has 0 rings (SSSR count). The third-order valence-electron chi connectivity index (χ3n) is 5.23. The minimum absolute atomic E-state index is 0.877. The second-order valence-electron chi connectivity index (χ2n) is 7.39. The molecule has 4 nitrogen and oxygen atoms in total. The highest BCUT2D eigenvalue weighted by molar-refractivity contribution is 6.60. The summed E-state index contributed by atoms with van der Waals surface area (Å²) in [5.41, 5.74) is 0. The minimum atomic E-state index is -2.37. The molecule has 0 amide bonds. The predicted molar refractivity (Wildman–Crippen MR) is 115 cm³/mol. The first kappa shape index (κ1) is 26.1. The molecule has 0 saturated heterocycles. The summed E-state index contributed by atoms with van der Waals surface area (Å²) in [7, 11) is 2.68. The number of hydrogen-bond donors (Lipinski definition) is 1. The van der Waals surface area contributed by atoms with Crippen LogP contribution in [-0.4, -0.2) is 43.2 Å². The molecule has 0 atom stereocenters. The molecule has 0 heterocycles. The van der Waals surface area contributed by atoms with Gasteiger partial charge in [-0.05, 0) is 25.9 Å². The van der Waals surface area contributed by atoms with Crippen molar-refractivity contribution in [3.63, 3.8) is 0 Å². The number of hydrogen-bond acceptors (Lipinski definition) is 4. The predicted octanol–water partition coefficient (Wildman–Crippen LogP) is 5.94. The fraction of sp³-hybridized carbons (Fsp3) is 1.00. The fourth-order valence-electron chi connectivity index (χ4n) is 3.38. The fourth-order valence-corrected chi connectivity index (χ4v) is 5.10. The second-order valence-corrected chi connectivity index (χ2v) is 10.5. The number of unbranched alkanes of at least 4 members (excludes halogenated alkanes) is 12. The topological polar surface area (TPSA) is 39.7 Å². The second kappa shape index (κ2) is 19.8. The van der Waals surface area contributed by atoms with E-state index in [1.807, 2.05) is 0 Å². The lowest BCUT2D eigenvalue weighted by atomic mass is 10.0. The summed E-state index contributed by atoms with van der Waals surface area (Å²) < 4.78 is 16.3. The van der Waals surface area contributed by atoms with E-state index in [2.05, 4.69) is 12.2 Å². The van der Waals surface area contributed by atoms with E-state index in [-0.39, 0.29) is 0 Å². The van der Waals surface area contributed by atoms with E-state index < -0.39 is 8.80 Å². The monoisotopic (exact) mass is 389 g/mol. The Morgan fingerprint density at radius 1 is 0.538 bits per heavy atom. The van der Waals surface area contributed by atoms with Crippen LogP contribution in [0.3, 0.4) is 0 Å². The third kappa shape index (κ3) is 15.1. The minimum Gasteiger partial charge on any atom is -0.377 e. The Hall–Kier alpha value is 0.0569. The Kier molecular flexibility index (Phi) is 19.9. The molecule has 26 heavy (non-hydrogen) atoms. The summed E-state index contributed by atoms with van der Waals surface area (Å²) in [6.45, 7) is 4.43. The summed E-state index contributed by atoms with van der Waals surface area (Å²) >= 11 is 0. The summed E-state index contributed by atoms with van der Waals surface area (Å²) in [6.07, 6.45) is 19.4. The summed E-state index contributed by atoms with van der Waals surface area (Å²) in [4.78, 5) is 0. The first-order valence-corrected chi connectivity index (χ1v) is 13.0. The average molecular weight is 390 g/mol. The first-order chi connectivity index (χ1) is 12.7. The van der Waals surface area contributed by atoms with Crippen molar-refractivity contribution in [1.82, 2.24) is 5.32 Å². The highest BCUT2D eigenvalue weighted by atomic mass is 28.4. The molecule has 0 saturated carbocycles. The van der Waals surface area contributed by atoms with Crippen molar-refractivity contribution in [1.29, 1.82) is 0 Å². The van der Waals surface area contributed by atoms with E-state index in [0.717, 1.165) is 25.6 Å².